The molecule has 0 bridgehead atoms. The maximum Gasteiger partial charge on any atom is 0.316 e. The summed E-state index contributed by atoms with van der Waals surface area (Å²) in [6.07, 6.45) is 0. The van der Waals surface area contributed by atoms with Crippen molar-refractivity contribution in [3.05, 3.63) is 34.3 Å². The van der Waals surface area contributed by atoms with Gasteiger partial charge in [0.1, 0.15) is 0 Å². The Hall–Kier alpha value is -0.670. The molecular weight excluding hydrogens is 232 g/mol. The average molecular weight is 245 g/mol. The first-order valence-corrected chi connectivity index (χ1v) is 6.03. The zero-order chi connectivity index (χ0) is 11.4. The topological polar surface area (TPSA) is 37.3 Å². The van der Waals surface area contributed by atoms with Crippen LogP contribution in [0.1, 0.15) is 18.1 Å². The van der Waals surface area contributed by atoms with Gasteiger partial charge in [0.2, 0.25) is 0 Å². The molecule has 0 amide bonds. The minimum Gasteiger partial charge on any atom is -0.480 e. The second kappa shape index (κ2) is 5.42. The van der Waals surface area contributed by atoms with Crippen molar-refractivity contribution in [3.63, 3.8) is 0 Å². The van der Waals surface area contributed by atoms with Crippen molar-refractivity contribution in [1.82, 2.24) is 0 Å². The molecule has 0 radical (unpaired) electrons. The number of aliphatic carboxylic acids is 1. The van der Waals surface area contributed by atoms with Gasteiger partial charge >= 0.3 is 5.97 Å². The van der Waals surface area contributed by atoms with Gasteiger partial charge in [0.05, 0.1) is 5.25 Å². The van der Waals surface area contributed by atoms with Crippen LogP contribution >= 0.6 is 23.4 Å². The number of carboxylic acids is 1. The first-order chi connectivity index (χ1) is 7.00. The Morgan fingerprint density at radius 3 is 2.80 bits per heavy atom. The number of hydrogen-bond acceptors (Lipinski definition) is 2. The third-order valence-corrected chi connectivity index (χ3v) is 3.58. The van der Waals surface area contributed by atoms with Crippen LogP contribution in [0, 0.1) is 6.92 Å². The molecule has 0 heterocycles. The van der Waals surface area contributed by atoms with E-state index in [4.69, 9.17) is 16.7 Å². The Kier molecular flexibility index (Phi) is 4.48. The number of carbonyl (C=O) groups is 1. The van der Waals surface area contributed by atoms with Gasteiger partial charge in [0, 0.05) is 10.8 Å². The highest BCUT2D eigenvalue weighted by Gasteiger charge is 2.11. The molecule has 0 aliphatic carbocycles. The van der Waals surface area contributed by atoms with Gasteiger partial charge in [0.25, 0.3) is 0 Å². The van der Waals surface area contributed by atoms with Crippen LogP contribution in [0.4, 0.5) is 0 Å². The van der Waals surface area contributed by atoms with E-state index in [0.29, 0.717) is 10.8 Å². The highest BCUT2D eigenvalue weighted by molar-refractivity contribution is 7.99. The lowest BCUT2D eigenvalue weighted by atomic mass is 10.2. The Labute approximate surface area is 98.6 Å². The maximum absolute atomic E-state index is 10.6. The molecule has 2 nitrogen and oxygen atoms in total. The Balaban J connectivity index is 2.62. The van der Waals surface area contributed by atoms with Crippen LogP contribution in [0.3, 0.4) is 0 Å². The summed E-state index contributed by atoms with van der Waals surface area (Å²) in [7, 11) is 0. The summed E-state index contributed by atoms with van der Waals surface area (Å²) < 4.78 is 0. The van der Waals surface area contributed by atoms with E-state index in [1.807, 2.05) is 25.1 Å². The standard InChI is InChI=1S/C11H13ClO2S/c1-7-3-4-9(10(12)5-7)6-15-8(2)11(13)14/h3-5,8H,6H2,1-2H3,(H,13,14). The largest absolute Gasteiger partial charge is 0.480 e. The lowest BCUT2D eigenvalue weighted by Crippen LogP contribution is -2.11. The third kappa shape index (κ3) is 3.76. The number of rotatable bonds is 4. The molecular formula is C11H13ClO2S. The van der Waals surface area contributed by atoms with Crippen molar-refractivity contribution in [2.45, 2.75) is 24.9 Å². The van der Waals surface area contributed by atoms with Gasteiger partial charge in [-0.05, 0) is 31.0 Å². The van der Waals surface area contributed by atoms with E-state index in [0.717, 1.165) is 11.1 Å². The molecule has 0 saturated heterocycles. The molecule has 0 aliphatic rings. The zero-order valence-corrected chi connectivity index (χ0v) is 10.2. The third-order valence-electron chi connectivity index (χ3n) is 2.05. The van der Waals surface area contributed by atoms with Crippen molar-refractivity contribution in [3.8, 4) is 0 Å². The Morgan fingerprint density at radius 2 is 2.27 bits per heavy atom. The molecule has 82 valence electrons. The molecule has 1 atom stereocenters. The number of halogens is 1. The quantitative estimate of drug-likeness (QED) is 0.883. The van der Waals surface area contributed by atoms with Gasteiger partial charge < -0.3 is 5.11 Å². The fourth-order valence-corrected chi connectivity index (χ4v) is 2.26. The van der Waals surface area contributed by atoms with Gasteiger partial charge in [-0.15, -0.1) is 11.8 Å². The molecule has 4 heteroatoms. The van der Waals surface area contributed by atoms with E-state index in [-0.39, 0.29) is 0 Å². The van der Waals surface area contributed by atoms with Gasteiger partial charge in [-0.1, -0.05) is 23.7 Å². The SMILES string of the molecule is Cc1ccc(CSC(C)C(=O)O)c(Cl)c1. The van der Waals surface area contributed by atoms with E-state index >= 15 is 0 Å². The first-order valence-electron chi connectivity index (χ1n) is 4.60. The van der Waals surface area contributed by atoms with Crippen molar-refractivity contribution < 1.29 is 9.90 Å². The zero-order valence-electron chi connectivity index (χ0n) is 8.66. The Bertz CT molecular complexity index is 366. The van der Waals surface area contributed by atoms with Crippen molar-refractivity contribution in [1.29, 1.82) is 0 Å². The molecule has 15 heavy (non-hydrogen) atoms. The first kappa shape index (κ1) is 12.4. The van der Waals surface area contributed by atoms with Crippen LogP contribution in [0.25, 0.3) is 0 Å². The second-order valence-corrected chi connectivity index (χ2v) is 5.12. The minimum absolute atomic E-state index is 0.401. The van der Waals surface area contributed by atoms with E-state index in [9.17, 15) is 4.79 Å². The predicted molar refractivity (Wildman–Crippen MR) is 64.6 cm³/mol. The van der Waals surface area contributed by atoms with Crippen LogP contribution in [0.15, 0.2) is 18.2 Å². The van der Waals surface area contributed by atoms with E-state index in [1.54, 1.807) is 6.92 Å². The lowest BCUT2D eigenvalue weighted by molar-refractivity contribution is -0.136. The van der Waals surface area contributed by atoms with Crippen molar-refractivity contribution in [2.75, 3.05) is 0 Å². The van der Waals surface area contributed by atoms with Crippen LogP contribution in [0.5, 0.6) is 0 Å². The molecule has 0 aliphatic heterocycles. The normalized spacial score (nSPS) is 12.5. The number of benzene rings is 1. The molecule has 1 rings (SSSR count). The summed E-state index contributed by atoms with van der Waals surface area (Å²) >= 11 is 7.41. The molecule has 0 spiro atoms. The number of hydrogen-bond donors (Lipinski definition) is 1. The van der Waals surface area contributed by atoms with Gasteiger partial charge in [-0.2, -0.15) is 0 Å². The van der Waals surface area contributed by atoms with E-state index in [2.05, 4.69) is 0 Å². The summed E-state index contributed by atoms with van der Waals surface area (Å²) in [4.78, 5) is 10.6. The van der Waals surface area contributed by atoms with Gasteiger partial charge in [0.15, 0.2) is 0 Å². The minimum atomic E-state index is -0.789. The van der Waals surface area contributed by atoms with E-state index < -0.39 is 11.2 Å². The Morgan fingerprint density at radius 1 is 1.60 bits per heavy atom. The van der Waals surface area contributed by atoms with E-state index in [1.165, 1.54) is 11.8 Å². The molecule has 0 saturated carbocycles. The summed E-state index contributed by atoms with van der Waals surface area (Å²) in [6.45, 7) is 3.65. The molecule has 1 aromatic rings. The number of aryl methyl sites for hydroxylation is 1. The smallest absolute Gasteiger partial charge is 0.316 e. The fraction of sp³-hybridized carbons (Fsp3) is 0.364. The van der Waals surface area contributed by atoms with Crippen LogP contribution < -0.4 is 0 Å². The second-order valence-electron chi connectivity index (χ2n) is 3.39. The van der Waals surface area contributed by atoms with Crippen molar-refractivity contribution in [2.24, 2.45) is 0 Å². The highest BCUT2D eigenvalue weighted by atomic mass is 35.5. The highest BCUT2D eigenvalue weighted by Crippen LogP contribution is 2.24. The predicted octanol–water partition coefficient (Wildman–Crippen LogP) is 3.35. The molecule has 1 unspecified atom stereocenters. The van der Waals surface area contributed by atoms with Crippen molar-refractivity contribution >= 4 is 29.3 Å². The molecule has 1 N–H and O–H groups in total. The molecule has 1 aromatic carbocycles. The number of carboxylic acid groups (broad SMARTS) is 1. The van der Waals surface area contributed by atoms with Gasteiger partial charge in [-0.3, -0.25) is 4.79 Å². The molecule has 0 aromatic heterocycles. The van der Waals surface area contributed by atoms with Crippen LogP contribution in [-0.2, 0) is 10.5 Å². The molecule has 0 fully saturated rings. The lowest BCUT2D eigenvalue weighted by Gasteiger charge is -2.07. The van der Waals surface area contributed by atoms with Crippen LogP contribution in [-0.4, -0.2) is 16.3 Å². The average Bonchev–Trinajstić information content (AvgIpc) is 2.15. The summed E-state index contributed by atoms with van der Waals surface area (Å²) in [5.74, 6) is -0.157. The monoisotopic (exact) mass is 244 g/mol. The summed E-state index contributed by atoms with van der Waals surface area (Å²) in [5, 5.41) is 9.03. The summed E-state index contributed by atoms with van der Waals surface area (Å²) in [5.41, 5.74) is 2.10. The van der Waals surface area contributed by atoms with Crippen LogP contribution in [0.2, 0.25) is 5.02 Å². The van der Waals surface area contributed by atoms with Gasteiger partial charge in [-0.25, -0.2) is 0 Å². The fourth-order valence-electron chi connectivity index (χ4n) is 1.06. The number of thioether (sulfide) groups is 1. The summed E-state index contributed by atoms with van der Waals surface area (Å²) in [6, 6.07) is 5.81. The maximum atomic E-state index is 10.6.